The summed E-state index contributed by atoms with van der Waals surface area (Å²) in [4.78, 5) is 11.8. The van der Waals surface area contributed by atoms with Crippen LogP contribution in [0, 0.1) is 11.8 Å². The van der Waals surface area contributed by atoms with Gasteiger partial charge in [0.25, 0.3) is 0 Å². The van der Waals surface area contributed by atoms with E-state index >= 15 is 0 Å². The molecule has 3 unspecified atom stereocenters. The molecule has 3 heteroatoms. The van der Waals surface area contributed by atoms with E-state index in [0.29, 0.717) is 18.0 Å². The zero-order valence-corrected chi connectivity index (χ0v) is 9.54. The fourth-order valence-electron chi connectivity index (χ4n) is 2.50. The van der Waals surface area contributed by atoms with Crippen LogP contribution in [0.25, 0.3) is 0 Å². The van der Waals surface area contributed by atoms with Crippen LogP contribution in [0.5, 0.6) is 0 Å². The van der Waals surface area contributed by atoms with Crippen molar-refractivity contribution in [2.75, 3.05) is 0 Å². The van der Waals surface area contributed by atoms with Crippen LogP contribution in [0.15, 0.2) is 0 Å². The van der Waals surface area contributed by atoms with Gasteiger partial charge in [0, 0.05) is 18.0 Å². The topological polar surface area (TPSA) is 55.1 Å². The average Bonchev–Trinajstić information content (AvgIpc) is 2.99. The molecule has 2 aliphatic rings. The molecule has 3 N–H and O–H groups in total. The molecule has 2 fully saturated rings. The van der Waals surface area contributed by atoms with Crippen molar-refractivity contribution in [3.8, 4) is 0 Å². The highest BCUT2D eigenvalue weighted by Gasteiger charge is 2.33. The maximum atomic E-state index is 11.8. The van der Waals surface area contributed by atoms with Gasteiger partial charge in [0.05, 0.1) is 0 Å². The van der Waals surface area contributed by atoms with Gasteiger partial charge in [0.2, 0.25) is 5.91 Å². The van der Waals surface area contributed by atoms with Crippen LogP contribution >= 0.6 is 0 Å². The van der Waals surface area contributed by atoms with Crippen molar-refractivity contribution in [2.24, 2.45) is 17.6 Å². The summed E-state index contributed by atoms with van der Waals surface area (Å²) in [5.41, 5.74) is 5.90. The van der Waals surface area contributed by atoms with Gasteiger partial charge in [0.1, 0.15) is 0 Å². The molecule has 2 saturated carbocycles. The molecule has 15 heavy (non-hydrogen) atoms. The molecule has 86 valence electrons. The molecule has 0 bridgehead atoms. The summed E-state index contributed by atoms with van der Waals surface area (Å²) in [5.74, 6) is 1.11. The zero-order chi connectivity index (χ0) is 10.8. The fourth-order valence-corrected chi connectivity index (χ4v) is 2.50. The molecule has 0 saturated heterocycles. The minimum absolute atomic E-state index is 0.211. The Morgan fingerprint density at radius 3 is 2.67 bits per heavy atom. The molecule has 0 aliphatic heterocycles. The number of rotatable bonds is 3. The van der Waals surface area contributed by atoms with Gasteiger partial charge in [-0.3, -0.25) is 4.79 Å². The van der Waals surface area contributed by atoms with E-state index in [0.717, 1.165) is 25.7 Å². The molecule has 0 aromatic rings. The van der Waals surface area contributed by atoms with Gasteiger partial charge >= 0.3 is 0 Å². The normalized spacial score (nSPS) is 33.5. The molecular formula is C12H22N2O. The van der Waals surface area contributed by atoms with Crippen molar-refractivity contribution in [2.45, 2.75) is 57.5 Å². The summed E-state index contributed by atoms with van der Waals surface area (Å²) in [5, 5.41) is 3.15. The Balaban J connectivity index is 1.77. The van der Waals surface area contributed by atoms with Crippen molar-refractivity contribution in [3.05, 3.63) is 0 Å². The third-order valence-corrected chi connectivity index (χ3v) is 3.80. The molecule has 2 aliphatic carbocycles. The number of hydrogen-bond acceptors (Lipinski definition) is 2. The molecule has 3 nitrogen and oxygen atoms in total. The van der Waals surface area contributed by atoms with Crippen LogP contribution in [0.2, 0.25) is 0 Å². The Kier molecular flexibility index (Phi) is 3.29. The van der Waals surface area contributed by atoms with Gasteiger partial charge in [-0.2, -0.15) is 0 Å². The predicted octanol–water partition coefficient (Wildman–Crippen LogP) is 1.42. The second-order valence-electron chi connectivity index (χ2n) is 5.26. The lowest BCUT2D eigenvalue weighted by molar-refractivity contribution is -0.126. The fraction of sp³-hybridized carbons (Fsp3) is 0.917. The van der Waals surface area contributed by atoms with Crippen molar-refractivity contribution in [1.29, 1.82) is 0 Å². The Morgan fingerprint density at radius 1 is 1.33 bits per heavy atom. The quantitative estimate of drug-likeness (QED) is 0.740. The Labute approximate surface area is 91.8 Å². The minimum Gasteiger partial charge on any atom is -0.353 e. The molecule has 2 rings (SSSR count). The molecule has 1 amide bonds. The molecule has 0 spiro atoms. The molecule has 0 aromatic carbocycles. The van der Waals surface area contributed by atoms with E-state index in [9.17, 15) is 4.79 Å². The van der Waals surface area contributed by atoms with Crippen molar-refractivity contribution in [3.63, 3.8) is 0 Å². The van der Waals surface area contributed by atoms with Crippen LogP contribution in [0.3, 0.4) is 0 Å². The van der Waals surface area contributed by atoms with Crippen molar-refractivity contribution in [1.82, 2.24) is 5.32 Å². The summed E-state index contributed by atoms with van der Waals surface area (Å²) >= 11 is 0. The Morgan fingerprint density at radius 2 is 2.07 bits per heavy atom. The SMILES string of the molecule is CC(C(=O)NC1CCCC(N)C1)C1CC1. The van der Waals surface area contributed by atoms with E-state index in [1.54, 1.807) is 0 Å². The number of carbonyl (C=O) groups excluding carboxylic acids is 1. The van der Waals surface area contributed by atoms with Gasteiger partial charge in [-0.1, -0.05) is 6.92 Å². The van der Waals surface area contributed by atoms with Gasteiger partial charge in [-0.15, -0.1) is 0 Å². The van der Waals surface area contributed by atoms with Crippen LogP contribution in [-0.4, -0.2) is 18.0 Å². The standard InChI is InChI=1S/C12H22N2O/c1-8(9-5-6-9)12(15)14-11-4-2-3-10(13)7-11/h8-11H,2-7,13H2,1H3,(H,14,15). The van der Waals surface area contributed by atoms with E-state index in [1.165, 1.54) is 12.8 Å². The van der Waals surface area contributed by atoms with Gasteiger partial charge in [-0.05, 0) is 44.4 Å². The third-order valence-electron chi connectivity index (χ3n) is 3.80. The predicted molar refractivity (Wildman–Crippen MR) is 60.3 cm³/mol. The summed E-state index contributed by atoms with van der Waals surface area (Å²) in [6.45, 7) is 2.05. The lowest BCUT2D eigenvalue weighted by Crippen LogP contribution is -2.44. The molecule has 0 radical (unpaired) electrons. The second kappa shape index (κ2) is 4.52. The smallest absolute Gasteiger partial charge is 0.223 e. The van der Waals surface area contributed by atoms with E-state index in [-0.39, 0.29) is 11.8 Å². The number of amides is 1. The van der Waals surface area contributed by atoms with Gasteiger partial charge < -0.3 is 11.1 Å². The van der Waals surface area contributed by atoms with Gasteiger partial charge in [0.15, 0.2) is 0 Å². The van der Waals surface area contributed by atoms with Crippen LogP contribution in [-0.2, 0) is 4.79 Å². The molecular weight excluding hydrogens is 188 g/mol. The van der Waals surface area contributed by atoms with E-state index in [4.69, 9.17) is 5.73 Å². The van der Waals surface area contributed by atoms with Crippen molar-refractivity contribution >= 4 is 5.91 Å². The monoisotopic (exact) mass is 210 g/mol. The lowest BCUT2D eigenvalue weighted by Gasteiger charge is -2.28. The van der Waals surface area contributed by atoms with Gasteiger partial charge in [-0.25, -0.2) is 0 Å². The lowest BCUT2D eigenvalue weighted by atomic mass is 9.91. The first-order valence-corrected chi connectivity index (χ1v) is 6.22. The first kappa shape index (κ1) is 10.9. The number of nitrogens with one attached hydrogen (secondary N) is 1. The summed E-state index contributed by atoms with van der Waals surface area (Å²) in [7, 11) is 0. The Bertz CT molecular complexity index is 238. The van der Waals surface area contributed by atoms with E-state index in [2.05, 4.69) is 12.2 Å². The number of carbonyl (C=O) groups is 1. The van der Waals surface area contributed by atoms with E-state index < -0.39 is 0 Å². The maximum Gasteiger partial charge on any atom is 0.223 e. The maximum absolute atomic E-state index is 11.8. The summed E-state index contributed by atoms with van der Waals surface area (Å²) < 4.78 is 0. The Hall–Kier alpha value is -0.570. The third kappa shape index (κ3) is 2.94. The summed E-state index contributed by atoms with van der Waals surface area (Å²) in [6.07, 6.45) is 6.81. The highest BCUT2D eigenvalue weighted by atomic mass is 16.1. The zero-order valence-electron chi connectivity index (χ0n) is 9.54. The highest BCUT2D eigenvalue weighted by Crippen LogP contribution is 2.36. The second-order valence-corrected chi connectivity index (χ2v) is 5.26. The molecule has 0 heterocycles. The number of nitrogens with two attached hydrogens (primary N) is 1. The van der Waals surface area contributed by atoms with E-state index in [1.807, 2.05) is 0 Å². The first-order chi connectivity index (χ1) is 7.16. The van der Waals surface area contributed by atoms with Crippen LogP contribution in [0.1, 0.15) is 45.4 Å². The van der Waals surface area contributed by atoms with Crippen LogP contribution < -0.4 is 11.1 Å². The number of hydrogen-bond donors (Lipinski definition) is 2. The molecule has 0 aromatic heterocycles. The minimum atomic E-state index is 0.211. The van der Waals surface area contributed by atoms with Crippen LogP contribution in [0.4, 0.5) is 0 Å². The van der Waals surface area contributed by atoms with Crippen molar-refractivity contribution < 1.29 is 4.79 Å². The summed E-state index contributed by atoms with van der Waals surface area (Å²) in [6, 6.07) is 0.628. The molecule has 3 atom stereocenters. The highest BCUT2D eigenvalue weighted by molar-refractivity contribution is 5.79. The largest absolute Gasteiger partial charge is 0.353 e. The average molecular weight is 210 g/mol. The first-order valence-electron chi connectivity index (χ1n) is 6.22.